The number of thiophene rings is 1. The molecule has 7 heteroatoms. The highest BCUT2D eigenvalue weighted by atomic mass is 32.2. The van der Waals surface area contributed by atoms with Crippen molar-refractivity contribution < 1.29 is 13.2 Å². The van der Waals surface area contributed by atoms with Crippen LogP contribution in [0.2, 0.25) is 0 Å². The lowest BCUT2D eigenvalue weighted by molar-refractivity contribution is 0.409. The molecule has 19 heavy (non-hydrogen) atoms. The van der Waals surface area contributed by atoms with Crippen molar-refractivity contribution in [2.24, 2.45) is 0 Å². The van der Waals surface area contributed by atoms with Crippen LogP contribution in [0.4, 0.5) is 5.69 Å². The van der Waals surface area contributed by atoms with E-state index in [1.807, 2.05) is 18.2 Å². The second-order valence-electron chi connectivity index (χ2n) is 3.84. The average molecular weight is 298 g/mol. The molecule has 2 aromatic rings. The Morgan fingerprint density at radius 1 is 1.37 bits per heavy atom. The van der Waals surface area contributed by atoms with E-state index in [2.05, 4.69) is 4.72 Å². The molecule has 1 heterocycles. The van der Waals surface area contributed by atoms with Gasteiger partial charge in [0.2, 0.25) is 10.0 Å². The number of hydrogen-bond donors (Lipinski definition) is 2. The minimum Gasteiger partial charge on any atom is -0.496 e. The highest BCUT2D eigenvalue weighted by Gasteiger charge is 2.16. The Kier molecular flexibility index (Phi) is 4.08. The number of anilines is 1. The maximum atomic E-state index is 12.0. The van der Waals surface area contributed by atoms with Crippen molar-refractivity contribution in [3.8, 4) is 5.75 Å². The van der Waals surface area contributed by atoms with Crippen molar-refractivity contribution in [3.05, 3.63) is 41.3 Å². The number of nitrogens with two attached hydrogens (primary N) is 1. The van der Waals surface area contributed by atoms with E-state index in [0.717, 1.165) is 16.9 Å². The van der Waals surface area contributed by atoms with Crippen molar-refractivity contribution >= 4 is 27.0 Å². The molecule has 0 bridgehead atoms. The van der Waals surface area contributed by atoms with E-state index < -0.39 is 10.0 Å². The first-order chi connectivity index (χ1) is 9.03. The Labute approximate surface area is 116 Å². The van der Waals surface area contributed by atoms with Gasteiger partial charge < -0.3 is 10.5 Å². The Balaban J connectivity index is 2.14. The average Bonchev–Trinajstić information content (AvgIpc) is 2.84. The topological polar surface area (TPSA) is 81.4 Å². The molecule has 0 saturated heterocycles. The molecule has 0 saturated carbocycles. The first-order valence-corrected chi connectivity index (χ1v) is 7.85. The summed E-state index contributed by atoms with van der Waals surface area (Å²) in [7, 11) is -1.98. The molecule has 102 valence electrons. The predicted molar refractivity (Wildman–Crippen MR) is 75.8 cm³/mol. The van der Waals surface area contributed by atoms with Crippen LogP contribution in [0, 0.1) is 0 Å². The van der Waals surface area contributed by atoms with Crippen LogP contribution >= 0.6 is 11.3 Å². The van der Waals surface area contributed by atoms with Gasteiger partial charge in [-0.25, -0.2) is 13.1 Å². The van der Waals surface area contributed by atoms with Crippen molar-refractivity contribution in [2.45, 2.75) is 10.8 Å². The molecule has 1 aromatic carbocycles. The molecule has 2 rings (SSSR count). The van der Waals surface area contributed by atoms with Crippen LogP contribution in [-0.2, 0) is 16.6 Å². The first-order valence-electron chi connectivity index (χ1n) is 5.48. The molecule has 3 N–H and O–H groups in total. The number of nitrogens with one attached hydrogen (secondary N) is 1. The molecular formula is C12H14N2O3S2. The van der Waals surface area contributed by atoms with Crippen LogP contribution in [-0.4, -0.2) is 15.5 Å². The van der Waals surface area contributed by atoms with Crippen LogP contribution in [0.25, 0.3) is 0 Å². The Morgan fingerprint density at radius 2 is 2.11 bits per heavy atom. The van der Waals surface area contributed by atoms with Crippen LogP contribution in [0.1, 0.15) is 5.56 Å². The van der Waals surface area contributed by atoms with E-state index in [1.165, 1.54) is 6.07 Å². The SMILES string of the molecule is COc1ccccc1CNS(=O)(=O)c1cc(N)cs1. The number of nitrogen functional groups attached to an aromatic ring is 1. The summed E-state index contributed by atoms with van der Waals surface area (Å²) in [5.41, 5.74) is 6.75. The summed E-state index contributed by atoms with van der Waals surface area (Å²) in [5, 5.41) is 1.59. The monoisotopic (exact) mass is 298 g/mol. The lowest BCUT2D eigenvalue weighted by atomic mass is 10.2. The van der Waals surface area contributed by atoms with E-state index in [9.17, 15) is 8.42 Å². The van der Waals surface area contributed by atoms with Crippen LogP contribution < -0.4 is 15.2 Å². The van der Waals surface area contributed by atoms with Gasteiger partial charge in [-0.2, -0.15) is 0 Å². The van der Waals surface area contributed by atoms with Crippen LogP contribution in [0.5, 0.6) is 5.75 Å². The molecule has 1 aromatic heterocycles. The Hall–Kier alpha value is -1.57. The summed E-state index contributed by atoms with van der Waals surface area (Å²) in [5.74, 6) is 0.649. The molecule has 0 aliphatic rings. The summed E-state index contributed by atoms with van der Waals surface area (Å²) in [6, 6.07) is 8.69. The number of sulfonamides is 1. The van der Waals surface area contributed by atoms with Gasteiger partial charge in [-0.05, 0) is 12.1 Å². The Morgan fingerprint density at radius 3 is 2.74 bits per heavy atom. The molecule has 0 amide bonds. The van der Waals surface area contributed by atoms with E-state index >= 15 is 0 Å². The second kappa shape index (κ2) is 5.60. The van der Waals surface area contributed by atoms with Gasteiger partial charge in [-0.15, -0.1) is 11.3 Å². The zero-order valence-corrected chi connectivity index (χ0v) is 11.9. The van der Waals surface area contributed by atoms with Gasteiger partial charge in [-0.1, -0.05) is 18.2 Å². The van der Waals surface area contributed by atoms with E-state index in [-0.39, 0.29) is 10.8 Å². The van der Waals surface area contributed by atoms with Crippen molar-refractivity contribution in [2.75, 3.05) is 12.8 Å². The zero-order valence-electron chi connectivity index (χ0n) is 10.3. The fraction of sp³-hybridized carbons (Fsp3) is 0.167. The van der Waals surface area contributed by atoms with Gasteiger partial charge in [-0.3, -0.25) is 0 Å². The third-order valence-corrected chi connectivity index (χ3v) is 5.36. The molecule has 0 radical (unpaired) electrons. The second-order valence-corrected chi connectivity index (χ2v) is 6.74. The number of rotatable bonds is 5. The standard InChI is InChI=1S/C12H14N2O3S2/c1-17-11-5-3-2-4-9(11)7-14-19(15,16)12-6-10(13)8-18-12/h2-6,8,14H,7,13H2,1H3. The van der Waals surface area contributed by atoms with Gasteiger partial charge in [0.1, 0.15) is 9.96 Å². The molecule has 0 aliphatic heterocycles. The molecule has 0 atom stereocenters. The minimum atomic E-state index is -3.53. The summed E-state index contributed by atoms with van der Waals surface area (Å²) < 4.78 is 31.9. The highest BCUT2D eigenvalue weighted by Crippen LogP contribution is 2.22. The number of ether oxygens (including phenoxy) is 1. The lowest BCUT2D eigenvalue weighted by Gasteiger charge is -2.09. The van der Waals surface area contributed by atoms with E-state index in [4.69, 9.17) is 10.5 Å². The minimum absolute atomic E-state index is 0.171. The van der Waals surface area contributed by atoms with Gasteiger partial charge in [0, 0.05) is 23.2 Å². The normalized spacial score (nSPS) is 11.4. The predicted octanol–water partition coefficient (Wildman–Crippen LogP) is 1.82. The molecule has 5 nitrogen and oxygen atoms in total. The molecule has 0 fully saturated rings. The summed E-state index contributed by atoms with van der Waals surface area (Å²) in [4.78, 5) is 0. The fourth-order valence-electron chi connectivity index (χ4n) is 1.56. The van der Waals surface area contributed by atoms with Gasteiger partial charge in [0.05, 0.1) is 7.11 Å². The third kappa shape index (κ3) is 3.25. The number of methoxy groups -OCH3 is 1. The lowest BCUT2D eigenvalue weighted by Crippen LogP contribution is -2.22. The smallest absolute Gasteiger partial charge is 0.250 e. The largest absolute Gasteiger partial charge is 0.496 e. The summed E-state index contributed by atoms with van der Waals surface area (Å²) >= 11 is 1.09. The van der Waals surface area contributed by atoms with Crippen molar-refractivity contribution in [3.63, 3.8) is 0 Å². The summed E-state index contributed by atoms with van der Waals surface area (Å²) in [6.45, 7) is 0.171. The quantitative estimate of drug-likeness (QED) is 0.882. The maximum Gasteiger partial charge on any atom is 0.250 e. The highest BCUT2D eigenvalue weighted by molar-refractivity contribution is 7.91. The molecule has 0 unspecified atom stereocenters. The number of para-hydroxylation sites is 1. The number of hydrogen-bond acceptors (Lipinski definition) is 5. The van der Waals surface area contributed by atoms with Crippen molar-refractivity contribution in [1.29, 1.82) is 0 Å². The van der Waals surface area contributed by atoms with Crippen molar-refractivity contribution in [1.82, 2.24) is 4.72 Å². The van der Waals surface area contributed by atoms with E-state index in [0.29, 0.717) is 11.4 Å². The summed E-state index contributed by atoms with van der Waals surface area (Å²) in [6.07, 6.45) is 0. The van der Waals surface area contributed by atoms with E-state index in [1.54, 1.807) is 18.6 Å². The molecular weight excluding hydrogens is 284 g/mol. The Bertz CT molecular complexity index is 665. The zero-order chi connectivity index (χ0) is 13.9. The fourth-order valence-corrected chi connectivity index (χ4v) is 3.70. The van der Waals surface area contributed by atoms with Crippen LogP contribution in [0.3, 0.4) is 0 Å². The molecule has 0 spiro atoms. The van der Waals surface area contributed by atoms with Crippen LogP contribution in [0.15, 0.2) is 39.9 Å². The van der Waals surface area contributed by atoms with Gasteiger partial charge in [0.15, 0.2) is 0 Å². The van der Waals surface area contributed by atoms with Gasteiger partial charge in [0.25, 0.3) is 0 Å². The maximum absolute atomic E-state index is 12.0. The van der Waals surface area contributed by atoms with Gasteiger partial charge >= 0.3 is 0 Å². The molecule has 0 aliphatic carbocycles. The first kappa shape index (κ1) is 13.9. The number of benzene rings is 1. The third-order valence-electron chi connectivity index (χ3n) is 2.51.